The number of rotatable bonds is 9. The van der Waals surface area contributed by atoms with Gasteiger partial charge >= 0.3 is 0 Å². The Hall–Kier alpha value is -4.99. The van der Waals surface area contributed by atoms with Crippen molar-refractivity contribution in [1.82, 2.24) is 0 Å². The molecule has 6 aromatic carbocycles. The van der Waals surface area contributed by atoms with Crippen molar-refractivity contribution in [3.63, 3.8) is 0 Å². The first-order valence-corrected chi connectivity index (χ1v) is 19.9. The van der Waals surface area contributed by atoms with Gasteiger partial charge in [0.2, 0.25) is 0 Å². The van der Waals surface area contributed by atoms with Gasteiger partial charge in [-0.3, -0.25) is 0 Å². The first-order valence-electron chi connectivity index (χ1n) is 19.9. The van der Waals surface area contributed by atoms with Gasteiger partial charge in [-0.25, -0.2) is 0 Å². The first-order chi connectivity index (χ1) is 26.9. The van der Waals surface area contributed by atoms with Crippen LogP contribution in [-0.4, -0.2) is 20.3 Å². The van der Waals surface area contributed by atoms with Crippen molar-refractivity contribution in [2.75, 3.05) is 33.7 Å². The van der Waals surface area contributed by atoms with E-state index in [1.165, 1.54) is 94.7 Å². The Balaban J connectivity index is 0.000000223. The molecule has 2 heterocycles. The molecule has 0 saturated heterocycles. The Labute approximate surface area is 348 Å². The molecule has 2 aliphatic heterocycles. The second kappa shape index (κ2) is 16.6. The quantitative estimate of drug-likeness (QED) is 0.106. The molecule has 5 heteroatoms. The first kappa shape index (κ1) is 39.3. The molecular formula is C51H52N4Rh-4. The molecule has 0 spiro atoms. The van der Waals surface area contributed by atoms with Crippen molar-refractivity contribution in [2.45, 2.75) is 64.0 Å². The number of benzene rings is 6. The molecule has 0 aromatic heterocycles. The maximum Gasteiger partial charge on any atom is 0.0623 e. The van der Waals surface area contributed by atoms with Gasteiger partial charge in [0.05, 0.1) is 11.4 Å². The van der Waals surface area contributed by atoms with Crippen molar-refractivity contribution < 1.29 is 19.5 Å². The molecule has 1 atom stereocenters. The smallest absolute Gasteiger partial charge is 0.0623 e. The van der Waals surface area contributed by atoms with E-state index in [0.29, 0.717) is 0 Å². The maximum atomic E-state index is 4.48. The van der Waals surface area contributed by atoms with Gasteiger partial charge in [0, 0.05) is 43.3 Å². The van der Waals surface area contributed by atoms with Crippen LogP contribution < -0.4 is 19.6 Å². The van der Waals surface area contributed by atoms with Crippen molar-refractivity contribution in [1.29, 1.82) is 0 Å². The van der Waals surface area contributed by atoms with E-state index in [-0.39, 0.29) is 31.1 Å². The molecule has 0 amide bonds. The zero-order valence-corrected chi connectivity index (χ0v) is 34.8. The number of fused-ring (bicyclic) bond motifs is 5. The largest absolute Gasteiger partial charge is 0.526 e. The van der Waals surface area contributed by atoms with Crippen molar-refractivity contribution in [3.8, 4) is 22.3 Å². The second-order valence-corrected chi connectivity index (χ2v) is 15.2. The zero-order chi connectivity index (χ0) is 38.1. The fourth-order valence-electron chi connectivity index (χ4n) is 9.00. The van der Waals surface area contributed by atoms with E-state index in [2.05, 4.69) is 189 Å². The summed E-state index contributed by atoms with van der Waals surface area (Å²) < 4.78 is 0. The zero-order valence-electron chi connectivity index (χ0n) is 33.1. The molecule has 1 unspecified atom stereocenters. The van der Waals surface area contributed by atoms with E-state index >= 15 is 0 Å². The number of unbranched alkanes of at least 4 members (excludes halogenated alkanes) is 2. The van der Waals surface area contributed by atoms with Gasteiger partial charge in [-0.15, -0.1) is 6.07 Å². The molecule has 1 aliphatic carbocycles. The molecule has 1 radical (unpaired) electrons. The molecule has 3 aliphatic rings. The molecule has 6 aromatic rings. The van der Waals surface area contributed by atoms with Gasteiger partial charge in [-0.2, -0.15) is 49.5 Å². The van der Waals surface area contributed by atoms with Crippen LogP contribution in [0.15, 0.2) is 133 Å². The summed E-state index contributed by atoms with van der Waals surface area (Å²) in [6.07, 6.45) is 7.46. The Morgan fingerprint density at radius 2 is 1.25 bits per heavy atom. The average Bonchev–Trinajstić information content (AvgIpc) is 3.80. The molecule has 0 saturated carbocycles. The fourth-order valence-corrected chi connectivity index (χ4v) is 9.00. The third-order valence-electron chi connectivity index (χ3n) is 11.9. The van der Waals surface area contributed by atoms with E-state index in [1.54, 1.807) is 0 Å². The summed E-state index contributed by atoms with van der Waals surface area (Å²) in [5.74, 6) is 0. The molecule has 0 bridgehead atoms. The number of hydrogen-bond donors (Lipinski definition) is 0. The van der Waals surface area contributed by atoms with Gasteiger partial charge < -0.3 is 26.5 Å². The third kappa shape index (κ3) is 6.89. The van der Waals surface area contributed by atoms with Crippen LogP contribution >= 0.6 is 0 Å². The van der Waals surface area contributed by atoms with Crippen LogP contribution in [0.4, 0.5) is 34.1 Å². The molecular weight excluding hydrogens is 771 g/mol. The van der Waals surface area contributed by atoms with Crippen LogP contribution in [-0.2, 0) is 24.9 Å². The maximum absolute atomic E-state index is 4.48. The predicted molar refractivity (Wildman–Crippen MR) is 234 cm³/mol. The molecule has 0 N–H and O–H groups in total. The van der Waals surface area contributed by atoms with E-state index in [1.807, 2.05) is 18.2 Å². The van der Waals surface area contributed by atoms with Crippen LogP contribution in [0, 0.1) is 26.6 Å². The van der Waals surface area contributed by atoms with Crippen LogP contribution in [0.1, 0.15) is 69.1 Å². The summed E-state index contributed by atoms with van der Waals surface area (Å²) in [6.45, 7) is 15.5. The summed E-state index contributed by atoms with van der Waals surface area (Å²) in [4.78, 5) is 8.81. The predicted octanol–water partition coefficient (Wildman–Crippen LogP) is 13.1. The van der Waals surface area contributed by atoms with E-state index in [4.69, 9.17) is 0 Å². The van der Waals surface area contributed by atoms with E-state index in [0.717, 1.165) is 16.9 Å². The summed E-state index contributed by atoms with van der Waals surface area (Å²) in [5, 5.41) is 0. The molecule has 4 nitrogen and oxygen atoms in total. The van der Waals surface area contributed by atoms with Gasteiger partial charge in [-0.05, 0) is 78.1 Å². The SMILES string of the molecule is [CH2-]C1N(C)c2ccccc2N1c1[c-]cccc1.[CH2-]c1cc(-c2ccc3c(c2)C(CCCC)(CCCC)c2ccccc2-3)ccc1N1[CH-]N(C)c2ccccc21.[Rh]. The molecule has 9 rings (SSSR count). The van der Waals surface area contributed by atoms with Gasteiger partial charge in [0.1, 0.15) is 0 Å². The van der Waals surface area contributed by atoms with Crippen molar-refractivity contribution >= 4 is 34.1 Å². The normalized spacial score (nSPS) is 15.7. The standard InChI is InChI=1S/C36H38N2.C15H14N2.Rh/c1-5-7-21-36(22-8-6-2)31-14-10-9-13-29(31)30-19-17-28(24-32(30)36)27-18-20-33(26(3)23-27)38-25-37(4)34-15-11-12-16-35(34)38;1-12-16(2)14-10-6-7-11-15(14)17(12)13-8-4-3-5-9-13;/h9-20,23-25H,3,5-8,21-22H2,1-2,4H3;3-8,10-12H,1H2,2H3;/q2*-2;. The average molecular weight is 824 g/mol. The van der Waals surface area contributed by atoms with Gasteiger partial charge in [0.15, 0.2) is 0 Å². The van der Waals surface area contributed by atoms with Crippen LogP contribution in [0.3, 0.4) is 0 Å². The minimum absolute atomic E-state index is 0. The molecule has 289 valence electrons. The monoisotopic (exact) mass is 823 g/mol. The Bertz CT molecular complexity index is 2270. The van der Waals surface area contributed by atoms with Crippen LogP contribution in [0.25, 0.3) is 22.3 Å². The molecule has 56 heavy (non-hydrogen) atoms. The van der Waals surface area contributed by atoms with E-state index in [9.17, 15) is 0 Å². The summed E-state index contributed by atoms with van der Waals surface area (Å²) >= 11 is 0. The van der Waals surface area contributed by atoms with Crippen molar-refractivity contribution in [2.24, 2.45) is 0 Å². The number of para-hydroxylation sites is 5. The van der Waals surface area contributed by atoms with Crippen LogP contribution in [0.2, 0.25) is 0 Å². The van der Waals surface area contributed by atoms with Crippen LogP contribution in [0.5, 0.6) is 0 Å². The number of anilines is 6. The Morgan fingerprint density at radius 1 is 0.643 bits per heavy atom. The topological polar surface area (TPSA) is 13.0 Å². The Kier molecular flexibility index (Phi) is 11.7. The summed E-state index contributed by atoms with van der Waals surface area (Å²) in [5.41, 5.74) is 16.6. The second-order valence-electron chi connectivity index (χ2n) is 15.2. The number of nitrogens with zero attached hydrogens (tertiary/aromatic N) is 4. The minimum Gasteiger partial charge on any atom is -0.526 e. The fraction of sp³-hybridized carbons (Fsp3) is 0.235. The van der Waals surface area contributed by atoms with Crippen molar-refractivity contribution in [3.05, 3.63) is 177 Å². The number of hydrogen-bond acceptors (Lipinski definition) is 4. The van der Waals surface area contributed by atoms with E-state index < -0.39 is 0 Å². The molecule has 0 fully saturated rings. The van der Waals surface area contributed by atoms with Gasteiger partial charge in [-0.1, -0.05) is 135 Å². The minimum atomic E-state index is 0. The summed E-state index contributed by atoms with van der Waals surface area (Å²) in [6, 6.07) is 51.2. The van der Waals surface area contributed by atoms with Gasteiger partial charge in [0.25, 0.3) is 0 Å². The Morgan fingerprint density at radius 3 is 1.95 bits per heavy atom. The summed E-state index contributed by atoms with van der Waals surface area (Å²) in [7, 11) is 4.17. The third-order valence-corrected chi connectivity index (χ3v) is 11.9.